The average molecular weight is 508 g/mol. The number of carbonyl (C=O) groups excluding carboxylic acids is 1. The second-order valence-electron chi connectivity index (χ2n) is 8.98. The highest BCUT2D eigenvalue weighted by atomic mass is 35.5. The number of halogens is 2. The van der Waals surface area contributed by atoms with Gasteiger partial charge in [0.15, 0.2) is 0 Å². The summed E-state index contributed by atoms with van der Waals surface area (Å²) in [7, 11) is 3.82. The highest BCUT2D eigenvalue weighted by molar-refractivity contribution is 6.31. The maximum atomic E-state index is 13.4. The van der Waals surface area contributed by atoms with Gasteiger partial charge in [0, 0.05) is 36.9 Å². The lowest BCUT2D eigenvalue weighted by atomic mass is 10.1. The summed E-state index contributed by atoms with van der Waals surface area (Å²) in [5, 5.41) is 6.51. The number of benzene rings is 2. The molecule has 2 heterocycles. The van der Waals surface area contributed by atoms with Gasteiger partial charge < -0.3 is 20.3 Å². The van der Waals surface area contributed by atoms with Crippen LogP contribution in [0.1, 0.15) is 12.0 Å². The van der Waals surface area contributed by atoms with E-state index in [2.05, 4.69) is 26.5 Å². The smallest absolute Gasteiger partial charge is 0.248 e. The van der Waals surface area contributed by atoms with Crippen LogP contribution in [0.5, 0.6) is 0 Å². The number of likely N-dealkylation sites (N-methyl/N-ethyl adjacent to an activating group) is 1. The Morgan fingerprint density at radius 2 is 2.06 bits per heavy atom. The summed E-state index contributed by atoms with van der Waals surface area (Å²) < 4.78 is 18.5. The van der Waals surface area contributed by atoms with Crippen LogP contribution in [-0.4, -0.2) is 54.6 Å². The Kier molecular flexibility index (Phi) is 8.16. The van der Waals surface area contributed by atoms with Gasteiger partial charge in [-0.05, 0) is 62.7 Å². The minimum absolute atomic E-state index is 0.00885. The van der Waals surface area contributed by atoms with Gasteiger partial charge in [0.1, 0.15) is 18.0 Å². The van der Waals surface area contributed by atoms with E-state index in [0.29, 0.717) is 40.2 Å². The Morgan fingerprint density at radius 1 is 1.28 bits per heavy atom. The molecule has 3 aromatic rings. The Labute approximate surface area is 214 Å². The fourth-order valence-electron chi connectivity index (χ4n) is 3.77. The molecule has 7 nitrogen and oxygen atoms in total. The van der Waals surface area contributed by atoms with Gasteiger partial charge in [-0.3, -0.25) is 4.79 Å². The highest BCUT2D eigenvalue weighted by Gasteiger charge is 2.41. The van der Waals surface area contributed by atoms with E-state index in [1.807, 2.05) is 19.0 Å². The van der Waals surface area contributed by atoms with Crippen LogP contribution in [0, 0.1) is 30.0 Å². The first-order valence-electron chi connectivity index (χ1n) is 11.5. The molecule has 2 fully saturated rings. The number of hydrogen-bond donors (Lipinski definition) is 2. The number of aromatic nitrogens is 2. The molecule has 9 heteroatoms. The SMILES string of the molecule is C#Cc1cc2ncnc(Nc3ccc(F)c(Cl)c3)c2cc1NC(=O)/C=C/CN(C)C.C1OCC2CC12. The summed E-state index contributed by atoms with van der Waals surface area (Å²) in [5.41, 5.74) is 2.10. The Balaban J connectivity index is 0.000000434. The molecule has 186 valence electrons. The number of rotatable bonds is 6. The normalized spacial score (nSPS) is 17.9. The highest BCUT2D eigenvalue weighted by Crippen LogP contribution is 2.43. The number of hydrogen-bond acceptors (Lipinski definition) is 6. The number of carbonyl (C=O) groups is 1. The lowest BCUT2D eigenvalue weighted by Crippen LogP contribution is -2.13. The molecule has 2 atom stereocenters. The van der Waals surface area contributed by atoms with Crippen molar-refractivity contribution in [3.63, 3.8) is 0 Å². The monoisotopic (exact) mass is 507 g/mol. The first-order valence-corrected chi connectivity index (χ1v) is 11.9. The topological polar surface area (TPSA) is 79.4 Å². The van der Waals surface area contributed by atoms with Crippen LogP contribution in [0.25, 0.3) is 10.9 Å². The molecular formula is C27H27ClFN5O2. The number of terminal acetylenes is 1. The van der Waals surface area contributed by atoms with Crippen molar-refractivity contribution >= 4 is 45.6 Å². The summed E-state index contributed by atoms with van der Waals surface area (Å²) in [5.74, 6) is 4.19. The first kappa shape index (κ1) is 25.6. The molecule has 0 spiro atoms. The van der Waals surface area contributed by atoms with E-state index in [0.717, 1.165) is 25.0 Å². The third-order valence-corrected chi connectivity index (χ3v) is 6.13. The van der Waals surface area contributed by atoms with E-state index in [-0.39, 0.29) is 10.9 Å². The summed E-state index contributed by atoms with van der Waals surface area (Å²) in [6, 6.07) is 7.66. The lowest BCUT2D eigenvalue weighted by Gasteiger charge is -2.12. The fraction of sp³-hybridized carbons (Fsp3) is 0.296. The van der Waals surface area contributed by atoms with Gasteiger partial charge in [-0.1, -0.05) is 23.6 Å². The average Bonchev–Trinajstić information content (AvgIpc) is 3.45. The van der Waals surface area contributed by atoms with Crippen molar-refractivity contribution in [1.29, 1.82) is 0 Å². The number of ether oxygens (including phenoxy) is 1. The zero-order valence-corrected chi connectivity index (χ0v) is 20.8. The van der Waals surface area contributed by atoms with Gasteiger partial charge in [0.25, 0.3) is 0 Å². The molecule has 1 saturated carbocycles. The van der Waals surface area contributed by atoms with E-state index < -0.39 is 5.82 Å². The van der Waals surface area contributed by atoms with Gasteiger partial charge in [-0.25, -0.2) is 14.4 Å². The number of nitrogens with zero attached hydrogens (tertiary/aromatic N) is 3. The van der Waals surface area contributed by atoms with E-state index in [9.17, 15) is 9.18 Å². The molecule has 1 amide bonds. The second kappa shape index (κ2) is 11.5. The Morgan fingerprint density at radius 3 is 2.67 bits per heavy atom. The molecule has 0 radical (unpaired) electrons. The van der Waals surface area contributed by atoms with Crippen LogP contribution in [0.4, 0.5) is 21.6 Å². The van der Waals surface area contributed by atoms with Crippen LogP contribution in [0.15, 0.2) is 48.8 Å². The predicted octanol–water partition coefficient (Wildman–Crippen LogP) is 4.86. The van der Waals surface area contributed by atoms with Gasteiger partial charge >= 0.3 is 0 Å². The maximum absolute atomic E-state index is 13.4. The van der Waals surface area contributed by atoms with Crippen molar-refractivity contribution in [2.24, 2.45) is 11.8 Å². The van der Waals surface area contributed by atoms with Gasteiger partial charge in [0.05, 0.1) is 21.8 Å². The standard InChI is InChI=1S/C22H19ClFN5O.C5H8O/c1-4-14-10-20-16(12-19(14)28-21(30)6-5-9-29(2)3)22(26-13-25-20)27-15-7-8-18(24)17(23)11-15;1-4-2-6-3-5(1)4/h1,5-8,10-13H,9H2,2-3H3,(H,28,30)(H,25,26,27);4-5H,1-3H2/b6-5+;. The van der Waals surface area contributed by atoms with Gasteiger partial charge in [-0.15, -0.1) is 6.42 Å². The van der Waals surface area contributed by atoms with Crippen molar-refractivity contribution in [3.8, 4) is 12.3 Å². The second-order valence-corrected chi connectivity index (χ2v) is 9.39. The molecule has 0 bridgehead atoms. The van der Waals surface area contributed by atoms with Gasteiger partial charge in [-0.2, -0.15) is 0 Å². The Hall–Kier alpha value is -3.51. The fourth-order valence-corrected chi connectivity index (χ4v) is 3.95. The van der Waals surface area contributed by atoms with Crippen LogP contribution in [0.2, 0.25) is 5.02 Å². The molecule has 2 N–H and O–H groups in total. The van der Waals surface area contributed by atoms with Crippen molar-refractivity contribution in [2.45, 2.75) is 6.42 Å². The quantitative estimate of drug-likeness (QED) is 0.366. The van der Waals surface area contributed by atoms with Crippen LogP contribution >= 0.6 is 11.6 Å². The summed E-state index contributed by atoms with van der Waals surface area (Å²) in [6.07, 6.45) is 11.7. The zero-order valence-electron chi connectivity index (χ0n) is 20.1. The van der Waals surface area contributed by atoms with Crippen LogP contribution in [-0.2, 0) is 9.53 Å². The zero-order chi connectivity index (χ0) is 25.7. The van der Waals surface area contributed by atoms with Crippen molar-refractivity contribution in [2.75, 3.05) is 44.5 Å². The third kappa shape index (κ3) is 6.58. The molecule has 2 aliphatic rings. The predicted molar refractivity (Wildman–Crippen MR) is 141 cm³/mol. The molecular weight excluding hydrogens is 481 g/mol. The van der Waals surface area contributed by atoms with E-state index >= 15 is 0 Å². The molecule has 2 unspecified atom stereocenters. The third-order valence-electron chi connectivity index (χ3n) is 5.84. The molecule has 2 aromatic carbocycles. The lowest BCUT2D eigenvalue weighted by molar-refractivity contribution is -0.111. The molecule has 1 aromatic heterocycles. The van der Waals surface area contributed by atoms with E-state index in [1.54, 1.807) is 24.3 Å². The summed E-state index contributed by atoms with van der Waals surface area (Å²) >= 11 is 5.85. The van der Waals surface area contributed by atoms with Crippen molar-refractivity contribution in [3.05, 3.63) is 65.2 Å². The number of nitrogens with one attached hydrogen (secondary N) is 2. The maximum Gasteiger partial charge on any atom is 0.248 e. The molecule has 1 aliphatic carbocycles. The van der Waals surface area contributed by atoms with Crippen molar-refractivity contribution < 1.29 is 13.9 Å². The molecule has 36 heavy (non-hydrogen) atoms. The minimum Gasteiger partial charge on any atom is -0.381 e. The van der Waals surface area contributed by atoms with Crippen molar-refractivity contribution in [1.82, 2.24) is 14.9 Å². The first-order chi connectivity index (χ1) is 17.3. The largest absolute Gasteiger partial charge is 0.381 e. The summed E-state index contributed by atoms with van der Waals surface area (Å²) in [6.45, 7) is 2.75. The minimum atomic E-state index is -0.513. The Bertz CT molecular complexity index is 1330. The number of amides is 1. The van der Waals surface area contributed by atoms with Crippen LogP contribution in [0.3, 0.4) is 0 Å². The molecule has 1 aliphatic heterocycles. The number of anilines is 3. The molecule has 1 saturated heterocycles. The van der Waals surface area contributed by atoms with E-state index in [4.69, 9.17) is 22.8 Å². The van der Waals surface area contributed by atoms with Gasteiger partial charge in [0.2, 0.25) is 5.91 Å². The van der Waals surface area contributed by atoms with Crippen LogP contribution < -0.4 is 10.6 Å². The van der Waals surface area contributed by atoms with E-state index in [1.165, 1.54) is 31.0 Å². The molecule has 5 rings (SSSR count). The summed E-state index contributed by atoms with van der Waals surface area (Å²) in [4.78, 5) is 22.7. The number of fused-ring (bicyclic) bond motifs is 2.